The highest BCUT2D eigenvalue weighted by Crippen LogP contribution is 2.36. The van der Waals surface area contributed by atoms with Gasteiger partial charge in [0.1, 0.15) is 70.6 Å². The molecule has 0 aliphatic carbocycles. The van der Waals surface area contributed by atoms with E-state index in [0.29, 0.717) is 174 Å². The third kappa shape index (κ3) is 19.0. The number of ketones is 1. The maximum Gasteiger partial charge on any atom is 0.272 e. The van der Waals surface area contributed by atoms with Gasteiger partial charge in [0.15, 0.2) is 9.84 Å². The van der Waals surface area contributed by atoms with Gasteiger partial charge < -0.3 is 44.1 Å². The topological polar surface area (TPSA) is 366 Å². The summed E-state index contributed by atoms with van der Waals surface area (Å²) in [6, 6.07) is 51.9. The lowest BCUT2D eigenvalue weighted by Crippen LogP contribution is -2.49. The molecule has 0 spiro atoms. The number of likely N-dealkylation sites (N-methyl/N-ethyl adjacent to an activating group) is 1. The summed E-state index contributed by atoms with van der Waals surface area (Å²) in [5, 5.41) is 49.6. The molecular formula is C87H83N17O13S6. The lowest BCUT2D eigenvalue weighted by molar-refractivity contribution is -0.129. The van der Waals surface area contributed by atoms with Crippen molar-refractivity contribution in [2.24, 2.45) is 0 Å². The van der Waals surface area contributed by atoms with Crippen molar-refractivity contribution < 1.29 is 41.4 Å². The molecule has 0 N–H and O–H groups in total. The number of pyridine rings is 4. The van der Waals surface area contributed by atoms with Crippen LogP contribution in [-0.2, 0) is 55.1 Å². The molecule has 5 amide bonds. The minimum Gasteiger partial charge on any atom is -0.366 e. The number of piperazine rings is 4. The molecule has 12 heterocycles. The molecule has 4 aliphatic heterocycles. The number of thiophene rings is 4. The van der Waals surface area contributed by atoms with E-state index in [-0.39, 0.29) is 76.5 Å². The lowest BCUT2D eigenvalue weighted by atomic mass is 10.1. The molecule has 0 radical (unpaired) electrons. The highest BCUT2D eigenvalue weighted by molar-refractivity contribution is 7.89. The van der Waals surface area contributed by atoms with Gasteiger partial charge in [-0.3, -0.25) is 70.4 Å². The average molecular weight is 1770 g/mol. The summed E-state index contributed by atoms with van der Waals surface area (Å²) in [6.07, 6.45) is 2.59. The van der Waals surface area contributed by atoms with Crippen LogP contribution in [0.5, 0.6) is 0 Å². The van der Waals surface area contributed by atoms with Crippen molar-refractivity contribution >= 4 is 168 Å². The second-order valence-electron chi connectivity index (χ2n) is 29.4. The smallest absolute Gasteiger partial charge is 0.272 e. The Bertz CT molecular complexity index is 6450. The predicted octanol–water partition coefficient (Wildman–Crippen LogP) is 8.60. The third-order valence-corrected chi connectivity index (χ3v) is 26.1. The van der Waals surface area contributed by atoms with Gasteiger partial charge in [0, 0.05) is 164 Å². The minimum atomic E-state index is -3.50. The summed E-state index contributed by atoms with van der Waals surface area (Å²) in [4.78, 5) is 146. The first kappa shape index (κ1) is 87.6. The second kappa shape index (κ2) is 38.7. The Morgan fingerprint density at radius 2 is 0.634 bits per heavy atom. The van der Waals surface area contributed by atoms with Crippen molar-refractivity contribution in [2.75, 3.05) is 151 Å². The summed E-state index contributed by atoms with van der Waals surface area (Å²) in [5.74, 6) is -0.843. The molecule has 0 saturated carbocycles. The Hall–Kier alpha value is -13.2. The number of amides is 5. The largest absolute Gasteiger partial charge is 0.366 e. The van der Waals surface area contributed by atoms with Crippen molar-refractivity contribution in [1.82, 2.24) is 42.8 Å². The Kier molecular flexibility index (Phi) is 27.6. The Morgan fingerprint density at radius 1 is 0.382 bits per heavy atom. The molecule has 8 aromatic heterocycles. The monoisotopic (exact) mass is 1770 g/mol. The van der Waals surface area contributed by atoms with E-state index >= 15 is 0 Å². The van der Waals surface area contributed by atoms with Crippen LogP contribution in [0, 0.1) is 45.3 Å². The number of para-hydroxylation sites is 4. The molecule has 30 nitrogen and oxygen atoms in total. The standard InChI is InChI=1S/C23H23N5O3S.C22H20N4O3S.C21H20N4O4S2.C21H20N4O3S2/c1-25(2)20(29)15-28-18-7-4-3-6-16(18)21(17(14-24)22(28)30)26-9-11-27(12-10-26)23(31)19-8-5-13-32-19;1-15(27)14-26-18-6-3-2-5-16(18)20(17(13-23)21(26)28)24-8-10-25(11-9-24)22(29)19-7-4-12-30-19;1-31(28,29)14-25-17-6-3-2-5-15(17)19(16(13-22)20(25)26)23-8-10-24(11-9-23)21(27)18-7-4-12-30-18;1-30(28)14-25-17-6-3-2-5-15(17)19(16(13-22)20(25)26)23-8-10-24(11-9-23)21(27)18-7-4-12-29-18/h3-8,13H,9-12,15H2,1-2H3;2-7,12H,8-11,14H2,1H3;2-7,12H,8-11,14H2,1H3;2-7,12H,8-11,14H2,1H3. The number of benzene rings is 4. The molecule has 4 fully saturated rings. The van der Waals surface area contributed by atoms with Crippen LogP contribution in [-0.4, -0.2) is 222 Å². The summed E-state index contributed by atoms with van der Waals surface area (Å²) < 4.78 is 40.9. The van der Waals surface area contributed by atoms with Gasteiger partial charge >= 0.3 is 0 Å². The van der Waals surface area contributed by atoms with E-state index in [0.717, 1.165) is 27.0 Å². The highest BCUT2D eigenvalue weighted by Gasteiger charge is 2.34. The second-order valence-corrected chi connectivity index (χ2v) is 36.7. The van der Waals surface area contributed by atoms with Gasteiger partial charge in [0.05, 0.1) is 70.9 Å². The predicted molar refractivity (Wildman–Crippen MR) is 480 cm³/mol. The van der Waals surface area contributed by atoms with Gasteiger partial charge in [-0.1, -0.05) is 97.1 Å². The third-order valence-electron chi connectivity index (χ3n) is 21.3. The molecule has 123 heavy (non-hydrogen) atoms. The Balaban J connectivity index is 0.000000141. The number of hydrogen-bond acceptors (Lipinski definition) is 25. The molecule has 0 bridgehead atoms. The van der Waals surface area contributed by atoms with Gasteiger partial charge in [-0.05, 0) is 77.0 Å². The normalized spacial score (nSPS) is 14.4. The first-order valence-electron chi connectivity index (χ1n) is 38.9. The zero-order chi connectivity index (χ0) is 87.5. The van der Waals surface area contributed by atoms with Crippen LogP contribution in [0.2, 0.25) is 0 Å². The average Bonchev–Trinajstić information content (AvgIpc) is 1.19. The molecule has 4 saturated heterocycles. The van der Waals surface area contributed by atoms with E-state index in [1.807, 2.05) is 150 Å². The number of nitrogens with zero attached hydrogens (tertiary/aromatic N) is 17. The maximum atomic E-state index is 13.2. The SMILES string of the molecule is CC(=O)Cn1c(=O)c(C#N)c(N2CCN(C(=O)c3cccs3)CC2)c2ccccc21.CN(C)C(=O)Cn1c(=O)c(C#N)c(N2CCN(C(=O)c3cccs3)CC2)c2ccccc21.CS(=O)(=O)Cn1c(=O)c(C#N)c(N2CCN(C(=O)c3cccs3)CC2)c2ccccc21.CS(=O)Cn1c(=O)c(C#N)c(N2CCN(C(=O)c3cccs3)CC2)c2ccccc21. The zero-order valence-electron chi connectivity index (χ0n) is 67.7. The van der Waals surface area contributed by atoms with E-state index in [9.17, 15) is 81.6 Å². The van der Waals surface area contributed by atoms with Gasteiger partial charge in [0.2, 0.25) is 5.91 Å². The van der Waals surface area contributed by atoms with Crippen molar-refractivity contribution in [3.8, 4) is 24.3 Å². The van der Waals surface area contributed by atoms with E-state index in [2.05, 4.69) is 18.2 Å². The minimum absolute atomic E-state index is 0.00244. The number of Topliss-reactive ketones (excluding diaryl/α,β-unsaturated/α-hetero) is 1. The van der Waals surface area contributed by atoms with Crippen molar-refractivity contribution in [2.45, 2.75) is 31.8 Å². The maximum absolute atomic E-state index is 13.2. The molecule has 4 aromatic carbocycles. The van der Waals surface area contributed by atoms with E-state index in [1.165, 1.54) is 77.1 Å². The number of nitriles is 4. The summed E-state index contributed by atoms with van der Waals surface area (Å²) in [7, 11) is -1.47. The van der Waals surface area contributed by atoms with Crippen LogP contribution >= 0.6 is 45.3 Å². The fraction of sp³-hybridized carbons (Fsp3) is 0.287. The molecule has 36 heteroatoms. The van der Waals surface area contributed by atoms with Crippen molar-refractivity contribution in [3.05, 3.63) is 250 Å². The van der Waals surface area contributed by atoms with Crippen LogP contribution in [0.15, 0.2) is 186 Å². The van der Waals surface area contributed by atoms with Gasteiger partial charge in [-0.15, -0.1) is 45.3 Å². The fourth-order valence-electron chi connectivity index (χ4n) is 15.5. The van der Waals surface area contributed by atoms with Crippen LogP contribution in [0.4, 0.5) is 22.7 Å². The number of sulfone groups is 1. The Labute approximate surface area is 725 Å². The van der Waals surface area contributed by atoms with Gasteiger partial charge in [-0.25, -0.2) is 8.42 Å². The first-order chi connectivity index (χ1) is 59.2. The number of hydrogen-bond donors (Lipinski definition) is 0. The molecule has 4 aliphatic rings. The van der Waals surface area contributed by atoms with Crippen LogP contribution in [0.25, 0.3) is 43.6 Å². The Morgan fingerprint density at radius 3 is 0.878 bits per heavy atom. The number of fused-ring (bicyclic) bond motifs is 4. The van der Waals surface area contributed by atoms with Crippen molar-refractivity contribution in [1.29, 1.82) is 21.0 Å². The van der Waals surface area contributed by atoms with E-state index in [4.69, 9.17) is 0 Å². The van der Waals surface area contributed by atoms with E-state index in [1.54, 1.807) is 76.2 Å². The lowest BCUT2D eigenvalue weighted by Gasteiger charge is -2.37. The van der Waals surface area contributed by atoms with Crippen LogP contribution in [0.1, 0.15) is 67.9 Å². The summed E-state index contributed by atoms with van der Waals surface area (Å²) in [5.41, 5.74) is 2.64. The fourth-order valence-corrected chi connectivity index (χ4v) is 19.6. The number of rotatable bonds is 16. The molecule has 12 aromatic rings. The molecular weight excluding hydrogens is 1680 g/mol. The van der Waals surface area contributed by atoms with Crippen molar-refractivity contribution in [3.63, 3.8) is 0 Å². The van der Waals surface area contributed by atoms with Gasteiger partial charge in [-0.2, -0.15) is 21.0 Å². The van der Waals surface area contributed by atoms with Crippen LogP contribution in [0.3, 0.4) is 0 Å². The highest BCUT2D eigenvalue weighted by atomic mass is 32.2. The van der Waals surface area contributed by atoms with Crippen LogP contribution < -0.4 is 41.8 Å². The number of aromatic nitrogens is 4. The first-order valence-corrected chi connectivity index (χ1v) is 46.3. The summed E-state index contributed by atoms with van der Waals surface area (Å²) >= 11 is 5.65. The molecule has 1 atom stereocenters. The molecule has 630 valence electrons. The molecule has 1 unspecified atom stereocenters. The quantitative estimate of drug-likeness (QED) is 0.0873. The number of anilines is 4. The number of carbonyl (C=O) groups excluding carboxylic acids is 6. The molecule has 16 rings (SSSR count). The number of carbonyl (C=O) groups is 6. The zero-order valence-corrected chi connectivity index (χ0v) is 72.6. The summed E-state index contributed by atoms with van der Waals surface area (Å²) in [6.45, 7) is 9.21. The van der Waals surface area contributed by atoms with Gasteiger partial charge in [0.25, 0.3) is 45.9 Å². The van der Waals surface area contributed by atoms with E-state index < -0.39 is 48.8 Å².